The summed E-state index contributed by atoms with van der Waals surface area (Å²) in [6.45, 7) is 0.658. The van der Waals surface area contributed by atoms with E-state index < -0.39 is 0 Å². The molecule has 1 aromatic heterocycles. The van der Waals surface area contributed by atoms with Crippen LogP contribution < -0.4 is 4.74 Å². The first-order chi connectivity index (χ1) is 9.33. The SMILES string of the molecule is O[C@H]1CCc2cc(OCCc3ccncc3)ccc21. The highest BCUT2D eigenvalue weighted by Gasteiger charge is 2.20. The fraction of sp³-hybridized carbons (Fsp3) is 0.312. The van der Waals surface area contributed by atoms with Gasteiger partial charge < -0.3 is 9.84 Å². The summed E-state index contributed by atoms with van der Waals surface area (Å²) in [5, 5.41) is 9.75. The molecule has 1 N–H and O–H groups in total. The summed E-state index contributed by atoms with van der Waals surface area (Å²) in [4.78, 5) is 3.99. The van der Waals surface area contributed by atoms with Crippen LogP contribution in [-0.2, 0) is 12.8 Å². The molecule has 98 valence electrons. The van der Waals surface area contributed by atoms with Crippen molar-refractivity contribution in [3.63, 3.8) is 0 Å². The van der Waals surface area contributed by atoms with Crippen LogP contribution in [0.25, 0.3) is 0 Å². The Morgan fingerprint density at radius 3 is 2.89 bits per heavy atom. The van der Waals surface area contributed by atoms with Crippen molar-refractivity contribution in [2.24, 2.45) is 0 Å². The molecule has 1 aliphatic rings. The third kappa shape index (κ3) is 2.76. The number of nitrogens with zero attached hydrogens (tertiary/aromatic N) is 1. The zero-order chi connectivity index (χ0) is 13.1. The lowest BCUT2D eigenvalue weighted by Gasteiger charge is -2.09. The van der Waals surface area contributed by atoms with Crippen LogP contribution in [0.2, 0.25) is 0 Å². The number of hydrogen-bond donors (Lipinski definition) is 1. The van der Waals surface area contributed by atoms with Gasteiger partial charge in [0, 0.05) is 18.8 Å². The highest BCUT2D eigenvalue weighted by atomic mass is 16.5. The van der Waals surface area contributed by atoms with Gasteiger partial charge in [-0.05, 0) is 53.8 Å². The Balaban J connectivity index is 1.59. The third-order valence-electron chi connectivity index (χ3n) is 3.57. The second kappa shape index (κ2) is 5.41. The number of pyridine rings is 1. The highest BCUT2D eigenvalue weighted by Crippen LogP contribution is 2.33. The Hall–Kier alpha value is -1.87. The number of fused-ring (bicyclic) bond motifs is 1. The van der Waals surface area contributed by atoms with Crippen molar-refractivity contribution >= 4 is 0 Å². The van der Waals surface area contributed by atoms with Gasteiger partial charge in [0.1, 0.15) is 5.75 Å². The third-order valence-corrected chi connectivity index (χ3v) is 3.57. The molecule has 0 saturated heterocycles. The van der Waals surface area contributed by atoms with Gasteiger partial charge in [0.15, 0.2) is 0 Å². The number of hydrogen-bond acceptors (Lipinski definition) is 3. The van der Waals surface area contributed by atoms with Crippen molar-refractivity contribution in [1.29, 1.82) is 0 Å². The quantitative estimate of drug-likeness (QED) is 0.913. The maximum atomic E-state index is 9.75. The van der Waals surface area contributed by atoms with Gasteiger partial charge in [-0.25, -0.2) is 0 Å². The number of aliphatic hydroxyl groups excluding tert-OH is 1. The Bertz CT molecular complexity index is 554. The predicted molar refractivity (Wildman–Crippen MR) is 73.2 cm³/mol. The molecule has 1 heterocycles. The minimum atomic E-state index is -0.291. The van der Waals surface area contributed by atoms with E-state index in [2.05, 4.69) is 11.1 Å². The monoisotopic (exact) mass is 255 g/mol. The zero-order valence-corrected chi connectivity index (χ0v) is 10.7. The fourth-order valence-electron chi connectivity index (χ4n) is 2.50. The Kier molecular flexibility index (Phi) is 3.47. The Morgan fingerprint density at radius 1 is 1.21 bits per heavy atom. The summed E-state index contributed by atoms with van der Waals surface area (Å²) >= 11 is 0. The van der Waals surface area contributed by atoms with Gasteiger partial charge in [-0.2, -0.15) is 0 Å². The van der Waals surface area contributed by atoms with Crippen molar-refractivity contribution < 1.29 is 9.84 Å². The Morgan fingerprint density at radius 2 is 2.05 bits per heavy atom. The van der Waals surface area contributed by atoms with Crippen LogP contribution in [0.4, 0.5) is 0 Å². The van der Waals surface area contributed by atoms with Crippen molar-refractivity contribution in [1.82, 2.24) is 4.98 Å². The van der Waals surface area contributed by atoms with E-state index in [4.69, 9.17) is 4.74 Å². The molecule has 2 aromatic rings. The van der Waals surface area contributed by atoms with E-state index in [1.54, 1.807) is 12.4 Å². The molecule has 19 heavy (non-hydrogen) atoms. The molecule has 1 aromatic carbocycles. The average Bonchev–Trinajstić information content (AvgIpc) is 2.81. The normalized spacial score (nSPS) is 17.2. The average molecular weight is 255 g/mol. The largest absolute Gasteiger partial charge is 0.493 e. The van der Waals surface area contributed by atoms with Crippen LogP contribution in [-0.4, -0.2) is 16.7 Å². The van der Waals surface area contributed by atoms with Gasteiger partial charge in [0.25, 0.3) is 0 Å². The first-order valence-electron chi connectivity index (χ1n) is 6.65. The molecule has 0 saturated carbocycles. The number of ether oxygens (including phenoxy) is 1. The van der Waals surface area contributed by atoms with E-state index in [1.165, 1.54) is 11.1 Å². The summed E-state index contributed by atoms with van der Waals surface area (Å²) in [6.07, 6.45) is 5.95. The second-order valence-corrected chi connectivity index (χ2v) is 4.87. The van der Waals surface area contributed by atoms with Crippen molar-refractivity contribution in [2.45, 2.75) is 25.4 Å². The fourth-order valence-corrected chi connectivity index (χ4v) is 2.50. The van der Waals surface area contributed by atoms with Crippen molar-refractivity contribution in [2.75, 3.05) is 6.61 Å². The topological polar surface area (TPSA) is 42.4 Å². The maximum absolute atomic E-state index is 9.75. The molecule has 0 unspecified atom stereocenters. The van der Waals surface area contributed by atoms with Gasteiger partial charge in [-0.1, -0.05) is 6.07 Å². The summed E-state index contributed by atoms with van der Waals surface area (Å²) < 4.78 is 5.77. The van der Waals surface area contributed by atoms with Crippen LogP contribution in [0.1, 0.15) is 29.2 Å². The molecule has 1 atom stereocenters. The molecule has 1 aliphatic carbocycles. The van der Waals surface area contributed by atoms with Crippen LogP contribution in [0.5, 0.6) is 5.75 Å². The molecule has 0 spiro atoms. The number of aromatic nitrogens is 1. The lowest BCUT2D eigenvalue weighted by Crippen LogP contribution is -2.02. The van der Waals surface area contributed by atoms with Gasteiger partial charge in [0.2, 0.25) is 0 Å². The van der Waals surface area contributed by atoms with Crippen molar-refractivity contribution in [3.05, 3.63) is 59.4 Å². The van der Waals surface area contributed by atoms with E-state index in [0.29, 0.717) is 6.61 Å². The first kappa shape index (κ1) is 12.2. The summed E-state index contributed by atoms with van der Waals surface area (Å²) in [7, 11) is 0. The van der Waals surface area contributed by atoms with E-state index in [1.807, 2.05) is 24.3 Å². The summed E-state index contributed by atoms with van der Waals surface area (Å²) in [6, 6.07) is 9.98. The highest BCUT2D eigenvalue weighted by molar-refractivity contribution is 5.39. The minimum Gasteiger partial charge on any atom is -0.493 e. The van der Waals surface area contributed by atoms with Crippen LogP contribution in [0.15, 0.2) is 42.7 Å². The molecule has 0 fully saturated rings. The lowest BCUT2D eigenvalue weighted by atomic mass is 10.1. The number of aryl methyl sites for hydroxylation is 1. The Labute approximate surface area is 112 Å². The van der Waals surface area contributed by atoms with Crippen LogP contribution in [0, 0.1) is 0 Å². The first-order valence-corrected chi connectivity index (χ1v) is 6.65. The molecule has 0 amide bonds. The van der Waals surface area contributed by atoms with Gasteiger partial charge in [0.05, 0.1) is 12.7 Å². The molecule has 3 rings (SSSR count). The number of aliphatic hydroxyl groups is 1. The summed E-state index contributed by atoms with van der Waals surface area (Å²) in [5.74, 6) is 0.891. The van der Waals surface area contributed by atoms with E-state index >= 15 is 0 Å². The van der Waals surface area contributed by atoms with Gasteiger partial charge in [-0.15, -0.1) is 0 Å². The van der Waals surface area contributed by atoms with Crippen LogP contribution >= 0.6 is 0 Å². The maximum Gasteiger partial charge on any atom is 0.119 e. The summed E-state index contributed by atoms with van der Waals surface area (Å²) in [5.41, 5.74) is 3.50. The van der Waals surface area contributed by atoms with E-state index in [-0.39, 0.29) is 6.10 Å². The molecular formula is C16H17NO2. The molecule has 3 nitrogen and oxygen atoms in total. The molecular weight excluding hydrogens is 238 g/mol. The zero-order valence-electron chi connectivity index (χ0n) is 10.7. The number of benzene rings is 1. The van der Waals surface area contributed by atoms with Crippen LogP contribution in [0.3, 0.4) is 0 Å². The van der Waals surface area contributed by atoms with E-state index in [0.717, 1.165) is 30.6 Å². The van der Waals surface area contributed by atoms with Gasteiger partial charge in [-0.3, -0.25) is 4.98 Å². The minimum absolute atomic E-state index is 0.291. The standard InChI is InChI=1S/C16H17NO2/c18-16-4-1-13-11-14(2-3-15(13)16)19-10-7-12-5-8-17-9-6-12/h2-3,5-6,8-9,11,16,18H,1,4,7,10H2/t16-/m0/s1. The second-order valence-electron chi connectivity index (χ2n) is 4.87. The number of rotatable bonds is 4. The smallest absolute Gasteiger partial charge is 0.119 e. The molecule has 0 aliphatic heterocycles. The van der Waals surface area contributed by atoms with Gasteiger partial charge >= 0.3 is 0 Å². The molecule has 3 heteroatoms. The van der Waals surface area contributed by atoms with E-state index in [9.17, 15) is 5.11 Å². The molecule has 0 bridgehead atoms. The van der Waals surface area contributed by atoms with Crippen molar-refractivity contribution in [3.8, 4) is 5.75 Å². The molecule has 0 radical (unpaired) electrons. The lowest BCUT2D eigenvalue weighted by molar-refractivity contribution is 0.180. The predicted octanol–water partition coefficient (Wildman–Crippen LogP) is 2.68.